The first-order valence-electron chi connectivity index (χ1n) is 9.17. The molecule has 28 heavy (non-hydrogen) atoms. The highest BCUT2D eigenvalue weighted by Crippen LogP contribution is 2.23. The molecule has 0 aliphatic heterocycles. The molecule has 0 bridgehead atoms. The number of aromatic nitrogens is 2. The Balaban J connectivity index is 1.72. The number of amides is 1. The fraction of sp³-hybridized carbons (Fsp3) is 0.227. The third-order valence-corrected chi connectivity index (χ3v) is 4.61. The van der Waals surface area contributed by atoms with Crippen LogP contribution in [0.25, 0.3) is 5.69 Å². The van der Waals surface area contributed by atoms with Crippen LogP contribution in [0.3, 0.4) is 0 Å². The van der Waals surface area contributed by atoms with E-state index in [9.17, 15) is 9.59 Å². The smallest absolute Gasteiger partial charge is 0.246 e. The quantitative estimate of drug-likeness (QED) is 0.634. The largest absolute Gasteiger partial charge is 0.371 e. The average Bonchev–Trinajstić information content (AvgIpc) is 2.97. The van der Waals surface area contributed by atoms with E-state index < -0.39 is 6.04 Å². The maximum Gasteiger partial charge on any atom is 0.246 e. The minimum atomic E-state index is -0.460. The number of carbonyl (C=O) groups excluding carboxylic acids is 2. The molecule has 0 spiro atoms. The molecule has 144 valence electrons. The summed E-state index contributed by atoms with van der Waals surface area (Å²) in [4.78, 5) is 23.9. The average molecular weight is 376 g/mol. The second kappa shape index (κ2) is 8.08. The molecule has 1 heterocycles. The van der Waals surface area contributed by atoms with Crippen molar-refractivity contribution in [2.75, 3.05) is 10.6 Å². The number of benzene rings is 2. The van der Waals surface area contributed by atoms with Gasteiger partial charge in [-0.2, -0.15) is 5.10 Å². The summed E-state index contributed by atoms with van der Waals surface area (Å²) in [6, 6.07) is 16.3. The van der Waals surface area contributed by atoms with E-state index in [1.54, 1.807) is 31.2 Å². The molecule has 3 rings (SSSR count). The Labute approximate surface area is 164 Å². The highest BCUT2D eigenvalue weighted by Gasteiger charge is 2.19. The van der Waals surface area contributed by atoms with Gasteiger partial charge < -0.3 is 10.6 Å². The SMILES string of the molecule is CC(=O)c1ccc(NC(=O)C(C)Nc2c(C)nn(-c3ccccc3)c2C)cc1. The molecule has 0 saturated heterocycles. The van der Waals surface area contributed by atoms with Crippen LogP contribution in [0.15, 0.2) is 54.6 Å². The fourth-order valence-corrected chi connectivity index (χ4v) is 2.99. The zero-order valence-corrected chi connectivity index (χ0v) is 16.5. The molecule has 3 aromatic rings. The molecule has 6 nitrogen and oxygen atoms in total. The Morgan fingerprint density at radius 3 is 2.25 bits per heavy atom. The Kier molecular flexibility index (Phi) is 5.59. The number of para-hydroxylation sites is 1. The molecule has 1 aromatic heterocycles. The second-order valence-electron chi connectivity index (χ2n) is 6.78. The van der Waals surface area contributed by atoms with Gasteiger partial charge in [0.15, 0.2) is 5.78 Å². The standard InChI is InChI=1S/C22H24N4O2/c1-14-21(16(3)26(25-14)20-8-6-5-7-9-20)23-15(2)22(28)24-19-12-10-18(11-13-19)17(4)27/h5-13,15,23H,1-4H3,(H,24,28). The predicted molar refractivity (Wildman–Crippen MR) is 111 cm³/mol. The van der Waals surface area contributed by atoms with Crippen LogP contribution in [0.5, 0.6) is 0 Å². The molecule has 0 saturated carbocycles. The molecule has 0 fully saturated rings. The number of nitrogens with one attached hydrogen (secondary N) is 2. The minimum absolute atomic E-state index is 0.00529. The van der Waals surface area contributed by atoms with Gasteiger partial charge in [-0.1, -0.05) is 18.2 Å². The maximum absolute atomic E-state index is 12.6. The number of carbonyl (C=O) groups is 2. The molecule has 1 atom stereocenters. The second-order valence-corrected chi connectivity index (χ2v) is 6.78. The maximum atomic E-state index is 12.6. The van der Waals surface area contributed by atoms with Gasteiger partial charge in [0.1, 0.15) is 6.04 Å². The molecule has 0 aliphatic carbocycles. The number of anilines is 2. The third kappa shape index (κ3) is 4.11. The molecule has 1 unspecified atom stereocenters. The van der Waals surface area contributed by atoms with Crippen molar-refractivity contribution in [1.82, 2.24) is 9.78 Å². The summed E-state index contributed by atoms with van der Waals surface area (Å²) < 4.78 is 1.86. The van der Waals surface area contributed by atoms with Gasteiger partial charge in [-0.25, -0.2) is 4.68 Å². The zero-order valence-electron chi connectivity index (χ0n) is 16.5. The summed E-state index contributed by atoms with van der Waals surface area (Å²) in [6.07, 6.45) is 0. The summed E-state index contributed by atoms with van der Waals surface area (Å²) in [5.74, 6) is -0.170. The summed E-state index contributed by atoms with van der Waals surface area (Å²) in [7, 11) is 0. The molecule has 6 heteroatoms. The van der Waals surface area contributed by atoms with E-state index in [0.29, 0.717) is 11.3 Å². The predicted octanol–water partition coefficient (Wildman–Crippen LogP) is 4.13. The molecular formula is C22H24N4O2. The van der Waals surface area contributed by atoms with Gasteiger partial charge >= 0.3 is 0 Å². The minimum Gasteiger partial charge on any atom is -0.371 e. The molecule has 2 N–H and O–H groups in total. The number of hydrogen-bond acceptors (Lipinski definition) is 4. The van der Waals surface area contributed by atoms with Gasteiger partial charge in [0.25, 0.3) is 0 Å². The lowest BCUT2D eigenvalue weighted by atomic mass is 10.1. The van der Waals surface area contributed by atoms with Crippen LogP contribution in [-0.4, -0.2) is 27.5 Å². The first-order valence-corrected chi connectivity index (χ1v) is 9.17. The van der Waals surface area contributed by atoms with Crippen LogP contribution < -0.4 is 10.6 Å². The van der Waals surface area contributed by atoms with Gasteiger partial charge in [0, 0.05) is 11.3 Å². The molecule has 1 amide bonds. The Hall–Kier alpha value is -3.41. The fourth-order valence-electron chi connectivity index (χ4n) is 2.99. The van der Waals surface area contributed by atoms with Gasteiger partial charge in [0.2, 0.25) is 5.91 Å². The summed E-state index contributed by atoms with van der Waals surface area (Å²) in [6.45, 7) is 7.21. The topological polar surface area (TPSA) is 76.0 Å². The Morgan fingerprint density at radius 2 is 1.64 bits per heavy atom. The van der Waals surface area contributed by atoms with E-state index in [-0.39, 0.29) is 11.7 Å². The van der Waals surface area contributed by atoms with Gasteiger partial charge in [-0.05, 0) is 64.1 Å². The van der Waals surface area contributed by atoms with E-state index in [4.69, 9.17) is 0 Å². The normalized spacial score (nSPS) is 11.7. The van der Waals surface area contributed by atoms with Crippen LogP contribution in [0.1, 0.15) is 35.6 Å². The van der Waals surface area contributed by atoms with Crippen LogP contribution in [-0.2, 0) is 4.79 Å². The van der Waals surface area contributed by atoms with Crippen molar-refractivity contribution >= 4 is 23.1 Å². The summed E-state index contributed by atoms with van der Waals surface area (Å²) in [5.41, 5.74) is 4.85. The third-order valence-electron chi connectivity index (χ3n) is 4.61. The lowest BCUT2D eigenvalue weighted by molar-refractivity contribution is -0.116. The van der Waals surface area contributed by atoms with Crippen molar-refractivity contribution in [3.63, 3.8) is 0 Å². The molecular weight excluding hydrogens is 352 g/mol. The van der Waals surface area contributed by atoms with Crippen molar-refractivity contribution in [3.05, 3.63) is 71.5 Å². The monoisotopic (exact) mass is 376 g/mol. The van der Waals surface area contributed by atoms with E-state index >= 15 is 0 Å². The Morgan fingerprint density at radius 1 is 1.00 bits per heavy atom. The van der Waals surface area contributed by atoms with Crippen molar-refractivity contribution in [2.24, 2.45) is 0 Å². The van der Waals surface area contributed by atoms with Crippen LogP contribution in [0, 0.1) is 13.8 Å². The van der Waals surface area contributed by atoms with Crippen LogP contribution in [0.2, 0.25) is 0 Å². The van der Waals surface area contributed by atoms with Crippen molar-refractivity contribution in [2.45, 2.75) is 33.7 Å². The molecule has 0 radical (unpaired) electrons. The number of ketones is 1. The van der Waals surface area contributed by atoms with E-state index in [1.807, 2.05) is 48.9 Å². The highest BCUT2D eigenvalue weighted by molar-refractivity contribution is 5.98. The van der Waals surface area contributed by atoms with Crippen LogP contribution in [0.4, 0.5) is 11.4 Å². The van der Waals surface area contributed by atoms with Crippen molar-refractivity contribution in [1.29, 1.82) is 0 Å². The number of hydrogen-bond donors (Lipinski definition) is 2. The lowest BCUT2D eigenvalue weighted by Crippen LogP contribution is -2.32. The van der Waals surface area contributed by atoms with E-state index in [0.717, 1.165) is 22.8 Å². The number of rotatable bonds is 6. The first-order chi connectivity index (χ1) is 13.4. The van der Waals surface area contributed by atoms with E-state index in [2.05, 4.69) is 15.7 Å². The van der Waals surface area contributed by atoms with Gasteiger partial charge in [0.05, 0.1) is 22.8 Å². The lowest BCUT2D eigenvalue weighted by Gasteiger charge is -2.16. The zero-order chi connectivity index (χ0) is 20.3. The van der Waals surface area contributed by atoms with E-state index in [1.165, 1.54) is 6.92 Å². The van der Waals surface area contributed by atoms with Crippen molar-refractivity contribution < 1.29 is 9.59 Å². The van der Waals surface area contributed by atoms with Gasteiger partial charge in [-0.15, -0.1) is 0 Å². The van der Waals surface area contributed by atoms with Crippen molar-refractivity contribution in [3.8, 4) is 5.69 Å². The number of nitrogens with zero attached hydrogens (tertiary/aromatic N) is 2. The Bertz CT molecular complexity index is 991. The highest BCUT2D eigenvalue weighted by atomic mass is 16.2. The van der Waals surface area contributed by atoms with Gasteiger partial charge in [-0.3, -0.25) is 9.59 Å². The molecule has 2 aromatic carbocycles. The van der Waals surface area contributed by atoms with Crippen LogP contribution >= 0.6 is 0 Å². The molecule has 0 aliphatic rings. The number of Topliss-reactive ketones (excluding diaryl/α,β-unsaturated/α-hetero) is 1. The summed E-state index contributed by atoms with van der Waals surface area (Å²) >= 11 is 0. The number of aryl methyl sites for hydroxylation is 1. The first kappa shape index (κ1) is 19.4. The summed E-state index contributed by atoms with van der Waals surface area (Å²) in [5, 5.41) is 10.7.